The van der Waals surface area contributed by atoms with Crippen molar-refractivity contribution in [2.45, 2.75) is 27.3 Å². The quantitative estimate of drug-likeness (QED) is 0.568. The van der Waals surface area contributed by atoms with E-state index in [1.807, 2.05) is 63.2 Å². The molecule has 0 atom stereocenters. The van der Waals surface area contributed by atoms with Gasteiger partial charge in [0.05, 0.1) is 5.69 Å². The molecule has 4 rings (SSSR count). The number of carbonyl (C=O) groups is 1. The van der Waals surface area contributed by atoms with Crippen LogP contribution >= 0.6 is 0 Å². The molecule has 5 nitrogen and oxygen atoms in total. The molecule has 4 aromatic rings. The van der Waals surface area contributed by atoms with Crippen LogP contribution in [0.25, 0.3) is 22.2 Å². The van der Waals surface area contributed by atoms with Crippen LogP contribution in [0.2, 0.25) is 0 Å². The number of aromatic nitrogens is 3. The molecule has 0 radical (unpaired) electrons. The second kappa shape index (κ2) is 7.27. The Morgan fingerprint density at radius 2 is 1.68 bits per heavy atom. The van der Waals surface area contributed by atoms with Crippen LogP contribution in [-0.2, 0) is 11.3 Å². The fraction of sp³-hybridized carbons (Fsp3) is 0.174. The number of benzene rings is 2. The lowest BCUT2D eigenvalue weighted by Crippen LogP contribution is -2.20. The Hall–Kier alpha value is -3.47. The van der Waals surface area contributed by atoms with Crippen molar-refractivity contribution < 1.29 is 4.79 Å². The molecule has 1 amide bonds. The largest absolute Gasteiger partial charge is 0.324 e. The van der Waals surface area contributed by atoms with E-state index in [-0.39, 0.29) is 12.5 Å². The standard InChI is InChI=1S/C23H22N4O/c1-15-8-7-9-16(2)22(15)25-20(28)14-27-23-21(17(3)26-27)19(12-13-24-23)18-10-5-4-6-11-18/h4-13H,14H2,1-3H3,(H,25,28). The van der Waals surface area contributed by atoms with Crippen LogP contribution in [0.3, 0.4) is 0 Å². The second-order valence-corrected chi connectivity index (χ2v) is 6.98. The normalized spacial score (nSPS) is 11.0. The van der Waals surface area contributed by atoms with E-state index in [4.69, 9.17) is 0 Å². The van der Waals surface area contributed by atoms with Crippen LogP contribution in [0.4, 0.5) is 5.69 Å². The minimum Gasteiger partial charge on any atom is -0.324 e. The molecular formula is C23H22N4O. The molecule has 28 heavy (non-hydrogen) atoms. The van der Waals surface area contributed by atoms with Crippen molar-refractivity contribution >= 4 is 22.6 Å². The number of carbonyl (C=O) groups excluding carboxylic acids is 1. The molecule has 2 aromatic heterocycles. The van der Waals surface area contributed by atoms with Crippen LogP contribution < -0.4 is 5.32 Å². The monoisotopic (exact) mass is 370 g/mol. The molecule has 0 unspecified atom stereocenters. The maximum atomic E-state index is 12.7. The SMILES string of the molecule is Cc1cccc(C)c1NC(=O)Cn1nc(C)c2c(-c3ccccc3)ccnc21. The molecule has 2 aromatic carbocycles. The maximum absolute atomic E-state index is 12.7. The van der Waals surface area contributed by atoms with Gasteiger partial charge in [0, 0.05) is 17.3 Å². The first-order valence-electron chi connectivity index (χ1n) is 9.28. The first kappa shape index (κ1) is 17.9. The van der Waals surface area contributed by atoms with Gasteiger partial charge >= 0.3 is 0 Å². The number of pyridine rings is 1. The van der Waals surface area contributed by atoms with E-state index in [1.165, 1.54) is 0 Å². The van der Waals surface area contributed by atoms with E-state index in [1.54, 1.807) is 10.9 Å². The number of hydrogen-bond donors (Lipinski definition) is 1. The minimum absolute atomic E-state index is 0.114. The van der Waals surface area contributed by atoms with Crippen LogP contribution in [-0.4, -0.2) is 20.7 Å². The number of amides is 1. The van der Waals surface area contributed by atoms with Gasteiger partial charge < -0.3 is 5.32 Å². The first-order chi connectivity index (χ1) is 13.5. The average Bonchev–Trinajstić information content (AvgIpc) is 3.01. The molecule has 0 saturated carbocycles. The van der Waals surface area contributed by atoms with E-state index in [0.717, 1.165) is 44.7 Å². The molecule has 0 bridgehead atoms. The molecular weight excluding hydrogens is 348 g/mol. The highest BCUT2D eigenvalue weighted by atomic mass is 16.2. The van der Waals surface area contributed by atoms with E-state index in [9.17, 15) is 4.79 Å². The van der Waals surface area contributed by atoms with E-state index < -0.39 is 0 Å². The van der Waals surface area contributed by atoms with Crippen LogP contribution in [0.5, 0.6) is 0 Å². The number of fused-ring (bicyclic) bond motifs is 1. The molecule has 0 spiro atoms. The number of nitrogens with one attached hydrogen (secondary N) is 1. The Balaban J connectivity index is 1.68. The summed E-state index contributed by atoms with van der Waals surface area (Å²) >= 11 is 0. The Morgan fingerprint density at radius 3 is 2.39 bits per heavy atom. The zero-order valence-electron chi connectivity index (χ0n) is 16.2. The van der Waals surface area contributed by atoms with E-state index >= 15 is 0 Å². The second-order valence-electron chi connectivity index (χ2n) is 6.98. The Kier molecular flexibility index (Phi) is 4.65. The number of anilines is 1. The smallest absolute Gasteiger partial charge is 0.246 e. The third-order valence-electron chi connectivity index (χ3n) is 4.93. The highest BCUT2D eigenvalue weighted by Crippen LogP contribution is 2.29. The van der Waals surface area contributed by atoms with Crippen molar-refractivity contribution in [2.24, 2.45) is 0 Å². The van der Waals surface area contributed by atoms with Gasteiger partial charge in [0.2, 0.25) is 5.91 Å². The molecule has 0 saturated heterocycles. The lowest BCUT2D eigenvalue weighted by molar-refractivity contribution is -0.116. The summed E-state index contributed by atoms with van der Waals surface area (Å²) in [5.41, 5.74) is 6.71. The molecule has 2 heterocycles. The third kappa shape index (κ3) is 3.27. The minimum atomic E-state index is -0.117. The average molecular weight is 370 g/mol. The molecule has 1 N–H and O–H groups in total. The van der Waals surface area contributed by atoms with E-state index in [0.29, 0.717) is 0 Å². The summed E-state index contributed by atoms with van der Waals surface area (Å²) < 4.78 is 1.68. The van der Waals surface area contributed by atoms with Gasteiger partial charge in [0.15, 0.2) is 5.65 Å². The van der Waals surface area contributed by atoms with Crippen molar-refractivity contribution in [3.63, 3.8) is 0 Å². The van der Waals surface area contributed by atoms with Gasteiger partial charge in [-0.05, 0) is 49.1 Å². The lowest BCUT2D eigenvalue weighted by Gasteiger charge is -2.11. The fourth-order valence-corrected chi connectivity index (χ4v) is 3.58. The Bertz CT molecular complexity index is 1140. The summed E-state index contributed by atoms with van der Waals surface area (Å²) in [7, 11) is 0. The van der Waals surface area contributed by atoms with Crippen LogP contribution in [0.1, 0.15) is 16.8 Å². The zero-order valence-corrected chi connectivity index (χ0v) is 16.2. The predicted octanol–water partition coefficient (Wildman–Crippen LogP) is 4.66. The van der Waals surface area contributed by atoms with E-state index in [2.05, 4.69) is 27.5 Å². The first-order valence-corrected chi connectivity index (χ1v) is 9.28. The lowest BCUT2D eigenvalue weighted by atomic mass is 10.0. The van der Waals surface area contributed by atoms with Gasteiger partial charge in [-0.25, -0.2) is 9.67 Å². The van der Waals surface area contributed by atoms with Crippen molar-refractivity contribution in [3.8, 4) is 11.1 Å². The highest BCUT2D eigenvalue weighted by molar-refractivity contribution is 5.96. The summed E-state index contributed by atoms with van der Waals surface area (Å²) in [6.07, 6.45) is 1.77. The fourth-order valence-electron chi connectivity index (χ4n) is 3.58. The number of aryl methyl sites for hydroxylation is 3. The van der Waals surface area contributed by atoms with Crippen LogP contribution in [0, 0.1) is 20.8 Å². The summed E-state index contributed by atoms with van der Waals surface area (Å²) in [6.45, 7) is 6.05. The third-order valence-corrected chi connectivity index (χ3v) is 4.93. The molecule has 0 aliphatic rings. The number of rotatable bonds is 4. The Labute approximate surface area is 164 Å². The highest BCUT2D eigenvalue weighted by Gasteiger charge is 2.16. The predicted molar refractivity (Wildman–Crippen MR) is 112 cm³/mol. The zero-order chi connectivity index (χ0) is 19.7. The summed E-state index contributed by atoms with van der Waals surface area (Å²) in [5, 5.41) is 8.60. The molecule has 140 valence electrons. The number of hydrogen-bond acceptors (Lipinski definition) is 3. The van der Waals surface area contributed by atoms with Gasteiger partial charge in [-0.1, -0.05) is 48.5 Å². The van der Waals surface area contributed by atoms with Crippen molar-refractivity contribution in [1.29, 1.82) is 0 Å². The van der Waals surface area contributed by atoms with Gasteiger partial charge in [-0.2, -0.15) is 5.10 Å². The number of nitrogens with zero attached hydrogens (tertiary/aromatic N) is 3. The molecule has 0 aliphatic heterocycles. The number of para-hydroxylation sites is 1. The van der Waals surface area contributed by atoms with Gasteiger partial charge in [-0.3, -0.25) is 4.79 Å². The topological polar surface area (TPSA) is 59.8 Å². The van der Waals surface area contributed by atoms with Crippen molar-refractivity contribution in [2.75, 3.05) is 5.32 Å². The van der Waals surface area contributed by atoms with Gasteiger partial charge in [0.1, 0.15) is 6.54 Å². The van der Waals surface area contributed by atoms with Crippen molar-refractivity contribution in [1.82, 2.24) is 14.8 Å². The van der Waals surface area contributed by atoms with Gasteiger partial charge in [0.25, 0.3) is 0 Å². The van der Waals surface area contributed by atoms with Gasteiger partial charge in [-0.15, -0.1) is 0 Å². The molecule has 0 aliphatic carbocycles. The summed E-state index contributed by atoms with van der Waals surface area (Å²) in [5.74, 6) is -0.117. The Morgan fingerprint density at radius 1 is 0.964 bits per heavy atom. The summed E-state index contributed by atoms with van der Waals surface area (Å²) in [6, 6.07) is 18.1. The van der Waals surface area contributed by atoms with Crippen molar-refractivity contribution in [3.05, 3.63) is 77.6 Å². The molecule has 5 heteroatoms. The summed E-state index contributed by atoms with van der Waals surface area (Å²) in [4.78, 5) is 17.2. The molecule has 0 fully saturated rings. The maximum Gasteiger partial charge on any atom is 0.246 e. The van der Waals surface area contributed by atoms with Crippen LogP contribution in [0.15, 0.2) is 60.8 Å².